The van der Waals surface area contributed by atoms with Gasteiger partial charge in [-0.1, -0.05) is 23.8 Å². The largest absolute Gasteiger partial charge is 0.379 e. The summed E-state index contributed by atoms with van der Waals surface area (Å²) in [5.74, 6) is 0. The monoisotopic (exact) mass is 208 g/mol. The molecule has 0 amide bonds. The Morgan fingerprint density at radius 3 is 2.67 bits per heavy atom. The Balaban J connectivity index is 2.50. The van der Waals surface area contributed by atoms with Gasteiger partial charge in [-0.25, -0.2) is 0 Å². The van der Waals surface area contributed by atoms with Crippen LogP contribution in [-0.2, 0) is 11.3 Å². The highest BCUT2D eigenvalue weighted by Gasteiger charge is 2.05. The van der Waals surface area contributed by atoms with Crippen molar-refractivity contribution in [1.82, 2.24) is 0 Å². The maximum absolute atomic E-state index is 5.11. The maximum Gasteiger partial charge on any atom is 0.107 e. The van der Waals surface area contributed by atoms with E-state index in [1.165, 1.54) is 16.7 Å². The van der Waals surface area contributed by atoms with Gasteiger partial charge in [0.2, 0.25) is 0 Å². The molecule has 0 saturated carbocycles. The molecule has 0 spiro atoms. The van der Waals surface area contributed by atoms with Crippen LogP contribution in [0.5, 0.6) is 0 Å². The molecule has 0 aromatic heterocycles. The van der Waals surface area contributed by atoms with Crippen molar-refractivity contribution < 1.29 is 10.1 Å². The Labute approximate surface area is 92.6 Å². The van der Waals surface area contributed by atoms with Crippen LogP contribution in [0.4, 0.5) is 0 Å². The molecule has 15 heavy (non-hydrogen) atoms. The van der Waals surface area contributed by atoms with Gasteiger partial charge in [0, 0.05) is 12.7 Å². The second kappa shape index (κ2) is 5.89. The van der Waals surface area contributed by atoms with E-state index in [2.05, 4.69) is 44.3 Å². The van der Waals surface area contributed by atoms with E-state index in [0.717, 1.165) is 13.2 Å². The summed E-state index contributed by atoms with van der Waals surface area (Å²) in [7, 11) is 1.75. The fourth-order valence-corrected chi connectivity index (χ4v) is 1.73. The van der Waals surface area contributed by atoms with Crippen LogP contribution < -0.4 is 5.32 Å². The summed E-state index contributed by atoms with van der Waals surface area (Å²) in [5.41, 5.74) is 4.14. The van der Waals surface area contributed by atoms with Crippen LogP contribution in [0.2, 0.25) is 0 Å². The number of rotatable bonds is 5. The first-order valence-corrected chi connectivity index (χ1v) is 5.52. The van der Waals surface area contributed by atoms with E-state index < -0.39 is 0 Å². The lowest BCUT2D eigenvalue weighted by molar-refractivity contribution is -0.702. The molecular weight excluding hydrogens is 186 g/mol. The molecule has 0 saturated heterocycles. The third-order valence-electron chi connectivity index (χ3n) is 2.67. The van der Waals surface area contributed by atoms with Crippen molar-refractivity contribution in [3.8, 4) is 0 Å². The molecule has 0 bridgehead atoms. The summed E-state index contributed by atoms with van der Waals surface area (Å²) in [4.78, 5) is 0. The normalized spacial score (nSPS) is 12.8. The molecule has 0 fully saturated rings. The second-order valence-electron chi connectivity index (χ2n) is 4.30. The summed E-state index contributed by atoms with van der Waals surface area (Å²) < 4.78 is 5.11. The van der Waals surface area contributed by atoms with Gasteiger partial charge >= 0.3 is 0 Å². The molecule has 1 rings (SSSR count). The molecule has 1 aromatic carbocycles. The van der Waals surface area contributed by atoms with Crippen LogP contribution in [-0.4, -0.2) is 19.8 Å². The summed E-state index contributed by atoms with van der Waals surface area (Å²) in [6.07, 6.45) is 0. The highest BCUT2D eigenvalue weighted by atomic mass is 16.5. The standard InChI is InChI=1S/C13H21NO/c1-10-5-6-13(11(2)7-10)8-14-12(3)9-15-4/h5-7,12,14H,8-9H2,1-4H3/p+1/t12-/m0/s1. The lowest BCUT2D eigenvalue weighted by Gasteiger charge is -2.11. The molecule has 2 heteroatoms. The fraction of sp³-hybridized carbons (Fsp3) is 0.538. The fourth-order valence-electron chi connectivity index (χ4n) is 1.73. The highest BCUT2D eigenvalue weighted by molar-refractivity contribution is 5.29. The van der Waals surface area contributed by atoms with Gasteiger partial charge in [0.15, 0.2) is 0 Å². The number of aryl methyl sites for hydroxylation is 2. The molecular formula is C13H22NO+. The minimum atomic E-state index is 0.524. The molecule has 2 nitrogen and oxygen atoms in total. The maximum atomic E-state index is 5.11. The highest BCUT2D eigenvalue weighted by Crippen LogP contribution is 2.08. The molecule has 1 aromatic rings. The summed E-state index contributed by atoms with van der Waals surface area (Å²) in [6, 6.07) is 7.16. The molecule has 0 heterocycles. The summed E-state index contributed by atoms with van der Waals surface area (Å²) in [5, 5.41) is 2.32. The lowest BCUT2D eigenvalue weighted by atomic mass is 10.1. The zero-order chi connectivity index (χ0) is 11.3. The number of ether oxygens (including phenoxy) is 1. The van der Waals surface area contributed by atoms with Gasteiger partial charge in [0.1, 0.15) is 12.6 Å². The molecule has 0 aliphatic rings. The lowest BCUT2D eigenvalue weighted by Crippen LogP contribution is -2.88. The topological polar surface area (TPSA) is 25.8 Å². The van der Waals surface area contributed by atoms with Gasteiger partial charge in [0.05, 0.1) is 6.61 Å². The number of hydrogen-bond donors (Lipinski definition) is 1. The zero-order valence-electron chi connectivity index (χ0n) is 10.2. The van der Waals surface area contributed by atoms with E-state index >= 15 is 0 Å². The predicted molar refractivity (Wildman–Crippen MR) is 62.9 cm³/mol. The number of benzene rings is 1. The Morgan fingerprint density at radius 2 is 2.07 bits per heavy atom. The van der Waals surface area contributed by atoms with Gasteiger partial charge in [-0.05, 0) is 26.3 Å². The van der Waals surface area contributed by atoms with Gasteiger partial charge in [-0.3, -0.25) is 0 Å². The predicted octanol–water partition coefficient (Wildman–Crippen LogP) is 1.40. The minimum Gasteiger partial charge on any atom is -0.379 e. The van der Waals surface area contributed by atoms with Gasteiger partial charge in [0.25, 0.3) is 0 Å². The van der Waals surface area contributed by atoms with Crippen molar-refractivity contribution in [2.24, 2.45) is 0 Å². The van der Waals surface area contributed by atoms with E-state index in [1.54, 1.807) is 7.11 Å². The number of nitrogens with two attached hydrogens (primary N) is 1. The average molecular weight is 208 g/mol. The minimum absolute atomic E-state index is 0.524. The van der Waals surface area contributed by atoms with E-state index in [0.29, 0.717) is 6.04 Å². The zero-order valence-corrected chi connectivity index (χ0v) is 10.2. The first-order chi connectivity index (χ1) is 7.13. The van der Waals surface area contributed by atoms with E-state index in [-0.39, 0.29) is 0 Å². The second-order valence-corrected chi connectivity index (χ2v) is 4.30. The third-order valence-corrected chi connectivity index (χ3v) is 2.67. The van der Waals surface area contributed by atoms with Crippen molar-refractivity contribution in [1.29, 1.82) is 0 Å². The van der Waals surface area contributed by atoms with E-state index in [1.807, 2.05) is 0 Å². The molecule has 0 aliphatic carbocycles. The Kier molecular flexibility index (Phi) is 4.79. The molecule has 2 N–H and O–H groups in total. The van der Waals surface area contributed by atoms with Crippen LogP contribution >= 0.6 is 0 Å². The van der Waals surface area contributed by atoms with Crippen molar-refractivity contribution in [2.75, 3.05) is 13.7 Å². The molecule has 0 aliphatic heterocycles. The van der Waals surface area contributed by atoms with Crippen molar-refractivity contribution >= 4 is 0 Å². The number of hydrogen-bond acceptors (Lipinski definition) is 1. The molecule has 84 valence electrons. The summed E-state index contributed by atoms with van der Waals surface area (Å²) >= 11 is 0. The quantitative estimate of drug-likeness (QED) is 0.777. The number of quaternary nitrogens is 1. The summed E-state index contributed by atoms with van der Waals surface area (Å²) in [6.45, 7) is 8.35. The molecule has 1 atom stereocenters. The Bertz CT molecular complexity index is 309. The average Bonchev–Trinajstić information content (AvgIpc) is 2.17. The Hall–Kier alpha value is -0.860. The first kappa shape index (κ1) is 12.2. The smallest absolute Gasteiger partial charge is 0.107 e. The first-order valence-electron chi connectivity index (χ1n) is 5.52. The van der Waals surface area contributed by atoms with Gasteiger partial charge in [-0.15, -0.1) is 0 Å². The van der Waals surface area contributed by atoms with Crippen LogP contribution in [0.3, 0.4) is 0 Å². The van der Waals surface area contributed by atoms with Crippen molar-refractivity contribution in [3.05, 3.63) is 34.9 Å². The van der Waals surface area contributed by atoms with Gasteiger partial charge < -0.3 is 10.1 Å². The molecule has 0 unspecified atom stereocenters. The van der Waals surface area contributed by atoms with Crippen LogP contribution in [0.1, 0.15) is 23.6 Å². The van der Waals surface area contributed by atoms with Crippen LogP contribution in [0.25, 0.3) is 0 Å². The van der Waals surface area contributed by atoms with Gasteiger partial charge in [-0.2, -0.15) is 0 Å². The van der Waals surface area contributed by atoms with Crippen LogP contribution in [0, 0.1) is 13.8 Å². The van der Waals surface area contributed by atoms with E-state index in [9.17, 15) is 0 Å². The van der Waals surface area contributed by atoms with E-state index in [4.69, 9.17) is 4.74 Å². The molecule has 0 radical (unpaired) electrons. The van der Waals surface area contributed by atoms with Crippen molar-refractivity contribution in [3.63, 3.8) is 0 Å². The Morgan fingerprint density at radius 1 is 1.33 bits per heavy atom. The third kappa shape index (κ3) is 4.02. The SMILES string of the molecule is COC[C@H](C)[NH2+]Cc1ccc(C)cc1C. The van der Waals surface area contributed by atoms with Crippen molar-refractivity contribution in [2.45, 2.75) is 33.4 Å². The van der Waals surface area contributed by atoms with Crippen LogP contribution in [0.15, 0.2) is 18.2 Å². The number of methoxy groups -OCH3 is 1.